The van der Waals surface area contributed by atoms with Crippen LogP contribution in [-0.2, 0) is 12.8 Å². The molecule has 0 saturated carbocycles. The molecular formula is C18H21NO3. The second-order valence-electron chi connectivity index (χ2n) is 5.48. The second-order valence-corrected chi connectivity index (χ2v) is 5.48. The van der Waals surface area contributed by atoms with Gasteiger partial charge in [-0.1, -0.05) is 30.3 Å². The number of rotatable bonds is 4. The van der Waals surface area contributed by atoms with Crippen LogP contribution in [0.4, 0.5) is 0 Å². The first-order chi connectivity index (χ1) is 10.7. The topological polar surface area (TPSA) is 50.7 Å². The molecule has 2 N–H and O–H groups in total. The molecule has 2 aromatic rings. The number of ether oxygens (including phenoxy) is 2. The predicted molar refractivity (Wildman–Crippen MR) is 85.8 cm³/mol. The van der Waals surface area contributed by atoms with Gasteiger partial charge in [0.05, 0.1) is 14.2 Å². The molecule has 1 unspecified atom stereocenters. The van der Waals surface area contributed by atoms with Gasteiger partial charge in [0, 0.05) is 11.6 Å². The number of benzene rings is 2. The van der Waals surface area contributed by atoms with Crippen molar-refractivity contribution in [1.29, 1.82) is 0 Å². The lowest BCUT2D eigenvalue weighted by molar-refractivity contribution is 0.325. The van der Waals surface area contributed by atoms with E-state index in [1.54, 1.807) is 14.2 Å². The van der Waals surface area contributed by atoms with E-state index in [1.807, 2.05) is 24.3 Å². The van der Waals surface area contributed by atoms with Gasteiger partial charge in [-0.2, -0.15) is 0 Å². The Labute approximate surface area is 130 Å². The lowest BCUT2D eigenvalue weighted by Crippen LogP contribution is -2.31. The summed E-state index contributed by atoms with van der Waals surface area (Å²) in [5, 5.41) is 14.1. The molecule has 4 heteroatoms. The lowest BCUT2D eigenvalue weighted by Gasteiger charge is -2.29. The van der Waals surface area contributed by atoms with Crippen LogP contribution in [-0.4, -0.2) is 25.9 Å². The highest BCUT2D eigenvalue weighted by atomic mass is 16.5. The van der Waals surface area contributed by atoms with Crippen LogP contribution in [0.2, 0.25) is 0 Å². The van der Waals surface area contributed by atoms with Crippen LogP contribution in [0, 0.1) is 0 Å². The van der Waals surface area contributed by atoms with Crippen LogP contribution in [0.3, 0.4) is 0 Å². The van der Waals surface area contributed by atoms with Crippen LogP contribution in [0.1, 0.15) is 22.7 Å². The van der Waals surface area contributed by atoms with Gasteiger partial charge in [-0.15, -0.1) is 0 Å². The van der Waals surface area contributed by atoms with Gasteiger partial charge in [0.25, 0.3) is 0 Å². The van der Waals surface area contributed by atoms with Crippen molar-refractivity contribution in [3.05, 3.63) is 53.1 Å². The van der Waals surface area contributed by atoms with E-state index in [9.17, 15) is 5.11 Å². The van der Waals surface area contributed by atoms with E-state index in [-0.39, 0.29) is 11.8 Å². The third kappa shape index (κ3) is 2.62. The number of hydrogen-bond acceptors (Lipinski definition) is 4. The van der Waals surface area contributed by atoms with Gasteiger partial charge in [-0.25, -0.2) is 0 Å². The van der Waals surface area contributed by atoms with Crippen molar-refractivity contribution in [2.45, 2.75) is 18.9 Å². The Morgan fingerprint density at radius 1 is 1.18 bits per heavy atom. The molecule has 4 nitrogen and oxygen atoms in total. The number of nitrogens with one attached hydrogen (secondary N) is 1. The number of phenolic OH excluding ortho intramolecular Hbond substituents is 1. The maximum absolute atomic E-state index is 10.7. The summed E-state index contributed by atoms with van der Waals surface area (Å²) >= 11 is 0. The summed E-state index contributed by atoms with van der Waals surface area (Å²) in [5.74, 6) is 1.17. The molecule has 0 amide bonds. The number of fused-ring (bicyclic) bond motifs is 1. The summed E-state index contributed by atoms with van der Waals surface area (Å²) < 4.78 is 10.7. The van der Waals surface area contributed by atoms with E-state index in [0.29, 0.717) is 11.5 Å². The number of hydrogen-bond donors (Lipinski definition) is 2. The van der Waals surface area contributed by atoms with Gasteiger partial charge in [-0.05, 0) is 36.6 Å². The van der Waals surface area contributed by atoms with Crippen LogP contribution >= 0.6 is 0 Å². The minimum absolute atomic E-state index is 0.0750. The molecule has 0 spiro atoms. The van der Waals surface area contributed by atoms with Crippen molar-refractivity contribution in [3.63, 3.8) is 0 Å². The Kier molecular flexibility index (Phi) is 4.20. The van der Waals surface area contributed by atoms with E-state index in [2.05, 4.69) is 17.4 Å². The average Bonchev–Trinajstić information content (AvgIpc) is 2.55. The Morgan fingerprint density at radius 2 is 1.95 bits per heavy atom. The molecule has 2 aromatic carbocycles. The maximum atomic E-state index is 10.7. The zero-order valence-electron chi connectivity index (χ0n) is 12.9. The number of phenols is 1. The minimum Gasteiger partial charge on any atom is -0.504 e. The van der Waals surface area contributed by atoms with Crippen molar-refractivity contribution in [2.24, 2.45) is 0 Å². The van der Waals surface area contributed by atoms with Gasteiger partial charge in [0.15, 0.2) is 11.5 Å². The highest BCUT2D eigenvalue weighted by Crippen LogP contribution is 2.45. The number of aromatic hydroxyl groups is 1. The first-order valence-electron chi connectivity index (χ1n) is 7.48. The smallest absolute Gasteiger partial charge is 0.203 e. The summed E-state index contributed by atoms with van der Waals surface area (Å²) in [6, 6.07) is 12.3. The van der Waals surface area contributed by atoms with Gasteiger partial charge < -0.3 is 19.9 Å². The van der Waals surface area contributed by atoms with Gasteiger partial charge in [0.2, 0.25) is 5.75 Å². The van der Waals surface area contributed by atoms with Crippen LogP contribution in [0.5, 0.6) is 17.2 Å². The normalized spacial score (nSPS) is 16.9. The minimum atomic E-state index is 0.0750. The fourth-order valence-electron chi connectivity index (χ4n) is 3.14. The van der Waals surface area contributed by atoms with E-state index in [4.69, 9.17) is 9.47 Å². The standard InChI is InChI=1S/C18H21NO3/c1-21-15-11-13-8-9-19-14(10-12-6-4-3-5-7-12)16(13)17(20)18(15)22-2/h3-7,11,14,19-20H,8-10H2,1-2H3. The monoisotopic (exact) mass is 299 g/mol. The van der Waals surface area contributed by atoms with Crippen molar-refractivity contribution in [1.82, 2.24) is 5.32 Å². The zero-order chi connectivity index (χ0) is 15.5. The molecule has 0 bridgehead atoms. The van der Waals surface area contributed by atoms with Crippen molar-refractivity contribution < 1.29 is 14.6 Å². The van der Waals surface area contributed by atoms with E-state index < -0.39 is 0 Å². The van der Waals surface area contributed by atoms with Gasteiger partial charge in [0.1, 0.15) is 0 Å². The van der Waals surface area contributed by atoms with Crippen LogP contribution in [0.25, 0.3) is 0 Å². The second kappa shape index (κ2) is 6.28. The summed E-state index contributed by atoms with van der Waals surface area (Å²) in [6.45, 7) is 0.888. The molecular weight excluding hydrogens is 278 g/mol. The molecule has 1 atom stereocenters. The summed E-state index contributed by atoms with van der Waals surface area (Å²) in [4.78, 5) is 0. The SMILES string of the molecule is COc1cc2c(c(O)c1OC)C(Cc1ccccc1)NCC2. The summed E-state index contributed by atoms with van der Waals surface area (Å²) in [5.41, 5.74) is 3.28. The molecule has 0 aromatic heterocycles. The predicted octanol–water partition coefficient (Wildman–Crippen LogP) is 2.84. The zero-order valence-corrected chi connectivity index (χ0v) is 12.9. The van der Waals surface area contributed by atoms with E-state index in [0.717, 1.165) is 30.5 Å². The fraction of sp³-hybridized carbons (Fsp3) is 0.333. The third-order valence-corrected chi connectivity index (χ3v) is 4.19. The Morgan fingerprint density at radius 3 is 2.64 bits per heavy atom. The average molecular weight is 299 g/mol. The Bertz CT molecular complexity index is 655. The molecule has 1 heterocycles. The number of methoxy groups -OCH3 is 2. The third-order valence-electron chi connectivity index (χ3n) is 4.19. The first-order valence-corrected chi connectivity index (χ1v) is 7.48. The molecule has 116 valence electrons. The molecule has 22 heavy (non-hydrogen) atoms. The molecule has 0 saturated heterocycles. The largest absolute Gasteiger partial charge is 0.504 e. The highest BCUT2D eigenvalue weighted by Gasteiger charge is 2.28. The molecule has 0 radical (unpaired) electrons. The first kappa shape index (κ1) is 14.7. The summed E-state index contributed by atoms with van der Waals surface area (Å²) in [6.07, 6.45) is 1.70. The Balaban J connectivity index is 2.02. The quantitative estimate of drug-likeness (QED) is 0.911. The van der Waals surface area contributed by atoms with Crippen LogP contribution in [0.15, 0.2) is 36.4 Å². The fourth-order valence-corrected chi connectivity index (χ4v) is 3.14. The molecule has 1 aliphatic rings. The van der Waals surface area contributed by atoms with Crippen molar-refractivity contribution >= 4 is 0 Å². The lowest BCUT2D eigenvalue weighted by atomic mass is 9.89. The van der Waals surface area contributed by atoms with Crippen molar-refractivity contribution in [2.75, 3.05) is 20.8 Å². The van der Waals surface area contributed by atoms with E-state index >= 15 is 0 Å². The highest BCUT2D eigenvalue weighted by molar-refractivity contribution is 5.60. The van der Waals surface area contributed by atoms with E-state index in [1.165, 1.54) is 5.56 Å². The van der Waals surface area contributed by atoms with Crippen LogP contribution < -0.4 is 14.8 Å². The molecule has 0 fully saturated rings. The molecule has 3 rings (SSSR count). The summed E-state index contributed by atoms with van der Waals surface area (Å²) in [7, 11) is 3.14. The van der Waals surface area contributed by atoms with Gasteiger partial charge >= 0.3 is 0 Å². The van der Waals surface area contributed by atoms with Crippen molar-refractivity contribution in [3.8, 4) is 17.2 Å². The van der Waals surface area contributed by atoms with Gasteiger partial charge in [-0.3, -0.25) is 0 Å². The molecule has 1 aliphatic heterocycles. The Hall–Kier alpha value is -2.20. The molecule has 0 aliphatic carbocycles. The maximum Gasteiger partial charge on any atom is 0.203 e.